The van der Waals surface area contributed by atoms with Crippen LogP contribution in [0.1, 0.15) is 6.42 Å². The normalized spacial score (nSPS) is 24.6. The Hall–Kier alpha value is 0.487. The van der Waals surface area contributed by atoms with Crippen molar-refractivity contribution in [2.24, 2.45) is 0 Å². The predicted octanol–water partition coefficient (Wildman–Crippen LogP) is 1.32. The van der Waals surface area contributed by atoms with Crippen LogP contribution in [0.2, 0.25) is 12.6 Å². The topological polar surface area (TPSA) is 40.2 Å². The highest BCUT2D eigenvalue weighted by Crippen LogP contribution is 2.17. The maximum absolute atomic E-state index is 5.42. The second-order valence-electron chi connectivity index (χ2n) is 3.59. The summed E-state index contributed by atoms with van der Waals surface area (Å²) in [5.41, 5.74) is 0. The van der Waals surface area contributed by atoms with Gasteiger partial charge in [-0.25, -0.2) is 0 Å². The first kappa shape index (κ1) is 12.6. The minimum Gasteiger partial charge on any atom is -0.398 e. The molecule has 14 heavy (non-hydrogen) atoms. The lowest BCUT2D eigenvalue weighted by molar-refractivity contribution is 0.115. The highest BCUT2D eigenvalue weighted by molar-refractivity contribution is 7.13. The highest BCUT2D eigenvalue weighted by atomic mass is 31.0. The molecular weight excluding hydrogens is 219 g/mol. The second-order valence-corrected chi connectivity index (χ2v) is 7.71. The maximum atomic E-state index is 5.42. The van der Waals surface area contributed by atoms with E-state index in [9.17, 15) is 0 Å². The Bertz CT molecular complexity index is 161. The molecule has 1 saturated heterocycles. The van der Waals surface area contributed by atoms with Crippen LogP contribution >= 0.6 is 9.47 Å². The van der Waals surface area contributed by atoms with Gasteiger partial charge in [0.2, 0.25) is 0 Å². The van der Waals surface area contributed by atoms with Gasteiger partial charge in [0.25, 0.3) is 0 Å². The van der Waals surface area contributed by atoms with Crippen molar-refractivity contribution in [1.29, 1.82) is 0 Å². The van der Waals surface area contributed by atoms with E-state index >= 15 is 0 Å². The zero-order valence-electron chi connectivity index (χ0n) is 8.82. The van der Waals surface area contributed by atoms with Crippen molar-refractivity contribution in [3.8, 4) is 0 Å². The summed E-state index contributed by atoms with van der Waals surface area (Å²) in [6.07, 6.45) is 1.34. The first-order valence-corrected chi connectivity index (χ1v) is 7.82. The van der Waals surface area contributed by atoms with Crippen LogP contribution in [0.3, 0.4) is 0 Å². The molecule has 0 bridgehead atoms. The van der Waals surface area contributed by atoms with Crippen molar-refractivity contribution in [3.05, 3.63) is 0 Å². The molecule has 1 aliphatic heterocycles. The average Bonchev–Trinajstić information content (AvgIpc) is 3.01. The van der Waals surface area contributed by atoms with E-state index in [4.69, 9.17) is 18.1 Å². The Labute approximate surface area is 88.8 Å². The molecule has 0 saturated carbocycles. The number of hydrogen-bond acceptors (Lipinski definition) is 4. The molecule has 1 fully saturated rings. The molecule has 0 radical (unpaired) electrons. The third-order valence-electron chi connectivity index (χ3n) is 2.31. The zero-order chi connectivity index (χ0) is 10.4. The van der Waals surface area contributed by atoms with Gasteiger partial charge in [0.05, 0.1) is 13.2 Å². The number of rotatable bonds is 8. The molecule has 0 N–H and O–H groups in total. The number of ether oxygens (including phenoxy) is 2. The number of hydrogen-bond donors (Lipinski definition) is 0. The van der Waals surface area contributed by atoms with Gasteiger partial charge in [-0.15, -0.1) is 0 Å². The molecule has 3 atom stereocenters. The summed E-state index contributed by atoms with van der Waals surface area (Å²) in [5, 5.41) is 0. The van der Waals surface area contributed by atoms with E-state index in [2.05, 4.69) is 9.47 Å². The fourth-order valence-corrected chi connectivity index (χ4v) is 2.93. The van der Waals surface area contributed by atoms with E-state index in [1.165, 1.54) is 0 Å². The fraction of sp³-hybridized carbons (Fsp3) is 1.00. The Balaban J connectivity index is 1.95. The molecule has 0 spiro atoms. The van der Waals surface area contributed by atoms with Crippen LogP contribution in [0.25, 0.3) is 0 Å². The molecule has 0 aliphatic carbocycles. The minimum absolute atomic E-state index is 0.360. The summed E-state index contributed by atoms with van der Waals surface area (Å²) in [6.45, 7) is 4.40. The average molecular weight is 238 g/mol. The van der Waals surface area contributed by atoms with E-state index in [1.54, 1.807) is 7.11 Å². The van der Waals surface area contributed by atoms with Crippen LogP contribution in [0.5, 0.6) is 0 Å². The fourth-order valence-electron chi connectivity index (χ4n) is 1.08. The van der Waals surface area contributed by atoms with Crippen molar-refractivity contribution in [2.45, 2.75) is 25.1 Å². The molecule has 0 aromatic rings. The van der Waals surface area contributed by atoms with Gasteiger partial charge in [0, 0.05) is 13.7 Å². The van der Waals surface area contributed by atoms with Crippen molar-refractivity contribution >= 4 is 18.0 Å². The largest absolute Gasteiger partial charge is 0.398 e. The van der Waals surface area contributed by atoms with Crippen molar-refractivity contribution in [3.63, 3.8) is 0 Å². The van der Waals surface area contributed by atoms with Crippen LogP contribution in [-0.4, -0.2) is 41.6 Å². The van der Waals surface area contributed by atoms with Crippen molar-refractivity contribution in [1.82, 2.24) is 0 Å². The lowest BCUT2D eigenvalue weighted by Crippen LogP contribution is -2.34. The highest BCUT2D eigenvalue weighted by Gasteiger charge is 2.28. The van der Waals surface area contributed by atoms with Crippen LogP contribution in [0, 0.1) is 0 Å². The minimum atomic E-state index is -1.91. The molecule has 84 valence electrons. The number of epoxide rings is 1. The van der Waals surface area contributed by atoms with E-state index in [0.717, 1.165) is 32.3 Å². The van der Waals surface area contributed by atoms with Crippen molar-refractivity contribution in [2.75, 3.05) is 26.9 Å². The Morgan fingerprint density at radius 2 is 2.29 bits per heavy atom. The van der Waals surface area contributed by atoms with E-state index < -0.39 is 8.56 Å². The predicted molar refractivity (Wildman–Crippen MR) is 59.4 cm³/mol. The first-order valence-electron chi connectivity index (χ1n) is 4.82. The molecule has 3 unspecified atom stereocenters. The third-order valence-corrected chi connectivity index (χ3v) is 6.43. The Morgan fingerprint density at radius 1 is 1.57 bits per heavy atom. The Morgan fingerprint density at radius 3 is 2.79 bits per heavy atom. The third kappa shape index (κ3) is 4.82. The first-order chi connectivity index (χ1) is 6.70. The Kier molecular flexibility index (Phi) is 5.52. The molecule has 6 heteroatoms. The lowest BCUT2D eigenvalue weighted by Gasteiger charge is -2.21. The summed E-state index contributed by atoms with van der Waals surface area (Å²) >= 11 is 0. The molecule has 0 aromatic heterocycles. The van der Waals surface area contributed by atoms with Crippen LogP contribution in [-0.2, 0) is 18.1 Å². The van der Waals surface area contributed by atoms with Gasteiger partial charge in [-0.3, -0.25) is 0 Å². The molecule has 0 amide bonds. The molecule has 4 nitrogen and oxygen atoms in total. The van der Waals surface area contributed by atoms with Gasteiger partial charge < -0.3 is 18.1 Å². The summed E-state index contributed by atoms with van der Waals surface area (Å²) in [6, 6.07) is 0.957. The molecule has 1 rings (SSSR count). The molecule has 0 aromatic carbocycles. The molecule has 1 aliphatic rings. The molecule has 1 heterocycles. The standard InChI is InChI=1S/C8H19O4PSi/c1-9-14(2,12-13)5-3-4-10-6-8-7-11-8/h8H,3-7,13H2,1-2H3. The SMILES string of the molecule is CO[Si](C)(CCCOCC1CO1)OP. The second kappa shape index (κ2) is 6.15. The van der Waals surface area contributed by atoms with Gasteiger partial charge >= 0.3 is 8.56 Å². The van der Waals surface area contributed by atoms with E-state index in [1.807, 2.05) is 6.55 Å². The molecular formula is C8H19O4PSi. The van der Waals surface area contributed by atoms with Gasteiger partial charge in [0.1, 0.15) is 6.10 Å². The van der Waals surface area contributed by atoms with Crippen LogP contribution < -0.4 is 0 Å². The van der Waals surface area contributed by atoms with Gasteiger partial charge in [-0.1, -0.05) is 0 Å². The summed E-state index contributed by atoms with van der Waals surface area (Å²) in [5.74, 6) is 0. The van der Waals surface area contributed by atoms with E-state index in [0.29, 0.717) is 6.10 Å². The van der Waals surface area contributed by atoms with Crippen LogP contribution in [0.4, 0.5) is 0 Å². The van der Waals surface area contributed by atoms with Gasteiger partial charge in [0.15, 0.2) is 0 Å². The van der Waals surface area contributed by atoms with Gasteiger partial charge in [-0.05, 0) is 28.5 Å². The van der Waals surface area contributed by atoms with E-state index in [-0.39, 0.29) is 0 Å². The monoisotopic (exact) mass is 238 g/mol. The lowest BCUT2D eigenvalue weighted by atomic mass is 10.5. The maximum Gasteiger partial charge on any atom is 0.337 e. The summed E-state index contributed by atoms with van der Waals surface area (Å²) in [4.78, 5) is 0. The van der Waals surface area contributed by atoms with Gasteiger partial charge in [-0.2, -0.15) is 0 Å². The summed E-state index contributed by atoms with van der Waals surface area (Å²) in [7, 11) is 2.09. The smallest absolute Gasteiger partial charge is 0.337 e. The summed E-state index contributed by atoms with van der Waals surface area (Å²) < 4.78 is 21.1. The van der Waals surface area contributed by atoms with Crippen LogP contribution in [0.15, 0.2) is 0 Å². The zero-order valence-corrected chi connectivity index (χ0v) is 11.0. The van der Waals surface area contributed by atoms with Crippen molar-refractivity contribution < 1.29 is 18.1 Å². The quantitative estimate of drug-likeness (QED) is 0.277.